The second kappa shape index (κ2) is 4.36. The van der Waals surface area contributed by atoms with Crippen molar-refractivity contribution in [1.82, 2.24) is 0 Å². The second-order valence-electron chi connectivity index (χ2n) is 3.54. The van der Waals surface area contributed by atoms with Crippen molar-refractivity contribution >= 4 is 22.7 Å². The number of hydrogen-bond donors (Lipinski definition) is 2. The summed E-state index contributed by atoms with van der Waals surface area (Å²) in [5.41, 5.74) is 14.2. The van der Waals surface area contributed by atoms with E-state index in [1.165, 1.54) is 10.4 Å². The fraction of sp³-hybridized carbons (Fsp3) is 0.167. The first-order valence-electron chi connectivity index (χ1n) is 4.92. The molecule has 0 saturated carbocycles. The van der Waals surface area contributed by atoms with Gasteiger partial charge in [-0.05, 0) is 42.0 Å². The summed E-state index contributed by atoms with van der Waals surface area (Å²) in [4.78, 5) is 1.39. The molecule has 1 heterocycles. The van der Waals surface area contributed by atoms with Crippen LogP contribution in [0.4, 0.5) is 11.4 Å². The van der Waals surface area contributed by atoms with Crippen molar-refractivity contribution in [3.05, 3.63) is 46.2 Å². The lowest BCUT2D eigenvalue weighted by Crippen LogP contribution is -1.97. The van der Waals surface area contributed by atoms with Gasteiger partial charge in [0, 0.05) is 16.3 Å². The van der Waals surface area contributed by atoms with Crippen LogP contribution < -0.4 is 11.5 Å². The normalized spacial score (nSPS) is 10.4. The van der Waals surface area contributed by atoms with E-state index in [0.717, 1.165) is 24.2 Å². The average Bonchev–Trinajstić information content (AvgIpc) is 2.69. The highest BCUT2D eigenvalue weighted by Gasteiger charge is 2.01. The van der Waals surface area contributed by atoms with Crippen LogP contribution in [0.25, 0.3) is 0 Å². The van der Waals surface area contributed by atoms with Crippen molar-refractivity contribution in [2.75, 3.05) is 11.5 Å². The van der Waals surface area contributed by atoms with Crippen LogP contribution in [0.3, 0.4) is 0 Å². The summed E-state index contributed by atoms with van der Waals surface area (Å²) >= 11 is 1.79. The minimum absolute atomic E-state index is 0.729. The molecule has 3 heteroatoms. The van der Waals surface area contributed by atoms with Gasteiger partial charge in [0.1, 0.15) is 0 Å². The molecule has 0 unspecified atom stereocenters. The van der Waals surface area contributed by atoms with Crippen LogP contribution >= 0.6 is 11.3 Å². The van der Waals surface area contributed by atoms with E-state index in [4.69, 9.17) is 11.5 Å². The van der Waals surface area contributed by atoms with E-state index < -0.39 is 0 Å². The number of aryl methyl sites for hydroxylation is 2. The van der Waals surface area contributed by atoms with Gasteiger partial charge >= 0.3 is 0 Å². The predicted molar refractivity (Wildman–Crippen MR) is 67.0 cm³/mol. The van der Waals surface area contributed by atoms with Crippen LogP contribution in [-0.4, -0.2) is 0 Å². The van der Waals surface area contributed by atoms with Gasteiger partial charge in [0.05, 0.1) is 0 Å². The van der Waals surface area contributed by atoms with E-state index in [9.17, 15) is 0 Å². The molecule has 0 fully saturated rings. The molecule has 2 aromatic rings. The third-order valence-electron chi connectivity index (χ3n) is 2.39. The lowest BCUT2D eigenvalue weighted by molar-refractivity contribution is 0.984. The van der Waals surface area contributed by atoms with E-state index in [1.807, 2.05) is 18.2 Å². The van der Waals surface area contributed by atoms with Crippen LogP contribution in [0.1, 0.15) is 10.4 Å². The Labute approximate surface area is 93.5 Å². The Bertz CT molecular complexity index is 435. The largest absolute Gasteiger partial charge is 0.399 e. The Kier molecular flexibility index (Phi) is 2.92. The zero-order valence-corrected chi connectivity index (χ0v) is 9.26. The smallest absolute Gasteiger partial charge is 0.0367 e. The molecular weight excluding hydrogens is 204 g/mol. The monoisotopic (exact) mass is 218 g/mol. The molecule has 15 heavy (non-hydrogen) atoms. The number of nitrogens with two attached hydrogens (primary N) is 2. The van der Waals surface area contributed by atoms with Gasteiger partial charge in [-0.3, -0.25) is 0 Å². The number of rotatable bonds is 3. The Hall–Kier alpha value is -1.48. The third kappa shape index (κ3) is 2.50. The highest BCUT2D eigenvalue weighted by molar-refractivity contribution is 7.09. The van der Waals surface area contributed by atoms with E-state index in [2.05, 4.69) is 17.5 Å². The second-order valence-corrected chi connectivity index (χ2v) is 4.57. The Morgan fingerprint density at radius 1 is 1.07 bits per heavy atom. The minimum Gasteiger partial charge on any atom is -0.399 e. The SMILES string of the molecule is Nc1ccc(CCc2cccs2)c(N)c1. The van der Waals surface area contributed by atoms with Gasteiger partial charge in [-0.15, -0.1) is 11.3 Å². The van der Waals surface area contributed by atoms with Gasteiger partial charge in [-0.1, -0.05) is 12.1 Å². The summed E-state index contributed by atoms with van der Waals surface area (Å²) in [7, 11) is 0. The van der Waals surface area contributed by atoms with E-state index in [0.29, 0.717) is 0 Å². The van der Waals surface area contributed by atoms with Crippen molar-refractivity contribution in [3.8, 4) is 0 Å². The van der Waals surface area contributed by atoms with Crippen LogP contribution in [0.15, 0.2) is 35.7 Å². The molecule has 0 aliphatic heterocycles. The van der Waals surface area contributed by atoms with Crippen molar-refractivity contribution in [2.45, 2.75) is 12.8 Å². The summed E-state index contributed by atoms with van der Waals surface area (Å²) in [6, 6.07) is 9.96. The molecule has 0 spiro atoms. The van der Waals surface area contributed by atoms with Gasteiger partial charge in [0.25, 0.3) is 0 Å². The lowest BCUT2D eigenvalue weighted by atomic mass is 10.1. The van der Waals surface area contributed by atoms with Crippen LogP contribution in [0.2, 0.25) is 0 Å². The molecule has 0 aliphatic rings. The molecule has 1 aromatic carbocycles. The van der Waals surface area contributed by atoms with Crippen molar-refractivity contribution in [1.29, 1.82) is 0 Å². The molecule has 0 saturated heterocycles. The average molecular weight is 218 g/mol. The van der Waals surface area contributed by atoms with Crippen molar-refractivity contribution in [3.63, 3.8) is 0 Å². The fourth-order valence-corrected chi connectivity index (χ4v) is 2.26. The molecule has 78 valence electrons. The number of thiophene rings is 1. The summed E-state index contributed by atoms with van der Waals surface area (Å²) in [5.74, 6) is 0. The molecule has 0 atom stereocenters. The van der Waals surface area contributed by atoms with Gasteiger partial charge in [-0.25, -0.2) is 0 Å². The molecule has 0 amide bonds. The maximum absolute atomic E-state index is 5.88. The molecule has 2 nitrogen and oxygen atoms in total. The molecule has 0 bridgehead atoms. The first-order valence-corrected chi connectivity index (χ1v) is 5.80. The van der Waals surface area contributed by atoms with Crippen molar-refractivity contribution in [2.24, 2.45) is 0 Å². The van der Waals surface area contributed by atoms with E-state index in [-0.39, 0.29) is 0 Å². The Balaban J connectivity index is 2.05. The quantitative estimate of drug-likeness (QED) is 0.778. The Morgan fingerprint density at radius 2 is 1.93 bits per heavy atom. The van der Waals surface area contributed by atoms with Gasteiger partial charge in [-0.2, -0.15) is 0 Å². The third-order valence-corrected chi connectivity index (χ3v) is 3.33. The summed E-state index contributed by atoms with van der Waals surface area (Å²) in [6.07, 6.45) is 2.03. The molecular formula is C12H14N2S. The van der Waals surface area contributed by atoms with Crippen molar-refractivity contribution < 1.29 is 0 Å². The number of benzene rings is 1. The van der Waals surface area contributed by atoms with Gasteiger partial charge in [0.2, 0.25) is 0 Å². The predicted octanol–water partition coefficient (Wildman–Crippen LogP) is 2.70. The van der Waals surface area contributed by atoms with Crippen LogP contribution in [0.5, 0.6) is 0 Å². The summed E-state index contributed by atoms with van der Waals surface area (Å²) < 4.78 is 0. The summed E-state index contributed by atoms with van der Waals surface area (Å²) in [5, 5.41) is 2.10. The number of nitrogen functional groups attached to an aromatic ring is 2. The standard InChI is InChI=1S/C12H14N2S/c13-10-5-3-9(12(14)8-10)4-6-11-2-1-7-15-11/h1-3,5,7-8H,4,6,13-14H2. The maximum atomic E-state index is 5.88. The molecule has 0 radical (unpaired) electrons. The first-order chi connectivity index (χ1) is 7.25. The van der Waals surface area contributed by atoms with Crippen LogP contribution in [0, 0.1) is 0 Å². The number of anilines is 2. The first kappa shape index (κ1) is 10.1. The zero-order valence-electron chi connectivity index (χ0n) is 8.44. The highest BCUT2D eigenvalue weighted by atomic mass is 32.1. The molecule has 0 aliphatic carbocycles. The molecule has 1 aromatic heterocycles. The maximum Gasteiger partial charge on any atom is 0.0367 e. The zero-order chi connectivity index (χ0) is 10.7. The minimum atomic E-state index is 0.729. The van der Waals surface area contributed by atoms with E-state index in [1.54, 1.807) is 11.3 Å². The van der Waals surface area contributed by atoms with Gasteiger partial charge in [0.15, 0.2) is 0 Å². The molecule has 2 rings (SSSR count). The Morgan fingerprint density at radius 3 is 2.60 bits per heavy atom. The summed E-state index contributed by atoms with van der Waals surface area (Å²) in [6.45, 7) is 0. The van der Waals surface area contributed by atoms with Crippen LogP contribution in [-0.2, 0) is 12.8 Å². The fourth-order valence-electron chi connectivity index (χ4n) is 1.55. The lowest BCUT2D eigenvalue weighted by Gasteiger charge is -2.05. The highest BCUT2D eigenvalue weighted by Crippen LogP contribution is 2.19. The van der Waals surface area contributed by atoms with Gasteiger partial charge < -0.3 is 11.5 Å². The number of hydrogen-bond acceptors (Lipinski definition) is 3. The topological polar surface area (TPSA) is 52.0 Å². The molecule has 4 N–H and O–H groups in total. The van der Waals surface area contributed by atoms with E-state index >= 15 is 0 Å².